The zero-order valence-corrected chi connectivity index (χ0v) is 11.3. The van der Waals surface area contributed by atoms with E-state index in [0.717, 1.165) is 25.1 Å². The lowest BCUT2D eigenvalue weighted by molar-refractivity contribution is 0.0944. The van der Waals surface area contributed by atoms with E-state index in [9.17, 15) is 5.11 Å². The summed E-state index contributed by atoms with van der Waals surface area (Å²) in [6.07, 6.45) is 5.87. The smallest absolute Gasteiger partial charge is 0.0575 e. The maximum absolute atomic E-state index is 9.64. The van der Waals surface area contributed by atoms with Crippen molar-refractivity contribution >= 4 is 23.0 Å². The Hall–Kier alpha value is -0.930. The van der Waals surface area contributed by atoms with E-state index in [4.69, 9.17) is 17.3 Å². The van der Waals surface area contributed by atoms with Gasteiger partial charge < -0.3 is 16.2 Å². The Bertz CT molecular complexity index is 403. The molecule has 0 atom stereocenters. The number of aliphatic hydroxyl groups is 1. The number of hydrogen-bond donors (Lipinski definition) is 3. The molecule has 0 heterocycles. The van der Waals surface area contributed by atoms with Crippen molar-refractivity contribution in [3.8, 4) is 0 Å². The Morgan fingerprint density at radius 2 is 2.00 bits per heavy atom. The summed E-state index contributed by atoms with van der Waals surface area (Å²) in [6, 6.07) is 5.47. The molecule has 2 rings (SSSR count). The summed E-state index contributed by atoms with van der Waals surface area (Å²) in [4.78, 5) is 0. The van der Waals surface area contributed by atoms with E-state index in [2.05, 4.69) is 5.32 Å². The molecule has 0 spiro atoms. The van der Waals surface area contributed by atoms with Crippen LogP contribution in [0.1, 0.15) is 32.1 Å². The maximum atomic E-state index is 9.64. The number of aliphatic hydroxyl groups excluding tert-OH is 1. The van der Waals surface area contributed by atoms with Gasteiger partial charge in [0.2, 0.25) is 0 Å². The molecule has 3 nitrogen and oxygen atoms in total. The summed E-state index contributed by atoms with van der Waals surface area (Å²) in [6.45, 7) is 1.02. The summed E-state index contributed by atoms with van der Waals surface area (Å²) in [5, 5.41) is 13.6. The summed E-state index contributed by atoms with van der Waals surface area (Å²) in [7, 11) is 0. The van der Waals surface area contributed by atoms with Crippen LogP contribution in [0.2, 0.25) is 5.02 Å². The molecule has 100 valence electrons. The number of hydrogen-bond acceptors (Lipinski definition) is 3. The zero-order valence-electron chi connectivity index (χ0n) is 10.6. The highest BCUT2D eigenvalue weighted by molar-refractivity contribution is 6.31. The largest absolute Gasteiger partial charge is 0.397 e. The second kappa shape index (κ2) is 5.81. The van der Waals surface area contributed by atoms with Crippen molar-refractivity contribution in [3.05, 3.63) is 23.2 Å². The number of rotatable bonds is 4. The second-order valence-electron chi connectivity index (χ2n) is 5.30. The fraction of sp³-hybridized carbons (Fsp3) is 0.571. The summed E-state index contributed by atoms with van der Waals surface area (Å²) in [5.41, 5.74) is 7.49. The molecular formula is C14H21ClN2O. The molecule has 0 bridgehead atoms. The van der Waals surface area contributed by atoms with Gasteiger partial charge in [-0.25, -0.2) is 0 Å². The van der Waals surface area contributed by atoms with Gasteiger partial charge in [0.05, 0.1) is 18.0 Å². The maximum Gasteiger partial charge on any atom is 0.0575 e. The van der Waals surface area contributed by atoms with E-state index in [1.54, 1.807) is 6.07 Å². The molecule has 1 aromatic rings. The molecule has 0 unspecified atom stereocenters. The van der Waals surface area contributed by atoms with Crippen LogP contribution in [0.15, 0.2) is 18.2 Å². The summed E-state index contributed by atoms with van der Waals surface area (Å²) < 4.78 is 0. The number of nitrogens with one attached hydrogen (secondary N) is 1. The van der Waals surface area contributed by atoms with Gasteiger partial charge in [-0.2, -0.15) is 0 Å². The van der Waals surface area contributed by atoms with Crippen LogP contribution in [0.3, 0.4) is 0 Å². The van der Waals surface area contributed by atoms with Gasteiger partial charge in [0, 0.05) is 17.0 Å². The van der Waals surface area contributed by atoms with Gasteiger partial charge in [-0.15, -0.1) is 0 Å². The zero-order chi connectivity index (χ0) is 13.0. The van der Waals surface area contributed by atoms with E-state index in [1.807, 2.05) is 12.1 Å². The van der Waals surface area contributed by atoms with E-state index in [0.29, 0.717) is 10.7 Å². The van der Waals surface area contributed by atoms with E-state index in [-0.39, 0.29) is 12.0 Å². The standard InChI is InChI=1S/C14H21ClN2O/c15-11-4-5-13(12(16)8-11)17-9-14(10-18)6-2-1-3-7-14/h4-5,8,17-18H,1-3,6-7,9-10,16H2. The molecular weight excluding hydrogens is 248 g/mol. The third-order valence-electron chi connectivity index (χ3n) is 3.92. The average Bonchev–Trinajstić information content (AvgIpc) is 2.39. The molecule has 0 aliphatic heterocycles. The Balaban J connectivity index is 2.01. The van der Waals surface area contributed by atoms with Gasteiger partial charge in [-0.3, -0.25) is 0 Å². The molecule has 4 N–H and O–H groups in total. The van der Waals surface area contributed by atoms with Crippen molar-refractivity contribution in [2.24, 2.45) is 5.41 Å². The Morgan fingerprint density at radius 3 is 2.61 bits per heavy atom. The molecule has 1 aliphatic carbocycles. The van der Waals surface area contributed by atoms with Gasteiger partial charge in [0.1, 0.15) is 0 Å². The van der Waals surface area contributed by atoms with Gasteiger partial charge in [-0.1, -0.05) is 30.9 Å². The van der Waals surface area contributed by atoms with E-state index >= 15 is 0 Å². The molecule has 1 aliphatic rings. The SMILES string of the molecule is Nc1cc(Cl)ccc1NCC1(CO)CCCCC1. The number of anilines is 2. The Morgan fingerprint density at radius 1 is 1.28 bits per heavy atom. The first-order chi connectivity index (χ1) is 8.65. The van der Waals surface area contributed by atoms with Crippen molar-refractivity contribution < 1.29 is 5.11 Å². The molecule has 0 aromatic heterocycles. The van der Waals surface area contributed by atoms with Crippen LogP contribution >= 0.6 is 11.6 Å². The highest BCUT2D eigenvalue weighted by atomic mass is 35.5. The first kappa shape index (κ1) is 13.5. The van der Waals surface area contributed by atoms with Crippen LogP contribution in [0, 0.1) is 5.41 Å². The van der Waals surface area contributed by atoms with Gasteiger partial charge >= 0.3 is 0 Å². The first-order valence-electron chi connectivity index (χ1n) is 6.55. The fourth-order valence-corrected chi connectivity index (χ4v) is 2.85. The molecule has 1 saturated carbocycles. The minimum Gasteiger partial charge on any atom is -0.397 e. The Kier molecular flexibility index (Phi) is 4.36. The Labute approximate surface area is 113 Å². The fourth-order valence-electron chi connectivity index (χ4n) is 2.67. The monoisotopic (exact) mass is 268 g/mol. The van der Waals surface area contributed by atoms with Crippen molar-refractivity contribution in [2.45, 2.75) is 32.1 Å². The van der Waals surface area contributed by atoms with Crippen molar-refractivity contribution in [1.29, 1.82) is 0 Å². The molecule has 0 radical (unpaired) electrons. The van der Waals surface area contributed by atoms with Crippen LogP contribution in [-0.2, 0) is 0 Å². The van der Waals surface area contributed by atoms with E-state index in [1.165, 1.54) is 19.3 Å². The van der Waals surface area contributed by atoms with E-state index < -0.39 is 0 Å². The van der Waals surface area contributed by atoms with Gasteiger partial charge in [-0.05, 0) is 31.0 Å². The topological polar surface area (TPSA) is 58.3 Å². The summed E-state index contributed by atoms with van der Waals surface area (Å²) >= 11 is 5.87. The third-order valence-corrected chi connectivity index (χ3v) is 4.15. The number of benzene rings is 1. The van der Waals surface area contributed by atoms with Crippen molar-refractivity contribution in [2.75, 3.05) is 24.2 Å². The average molecular weight is 269 g/mol. The van der Waals surface area contributed by atoms with Gasteiger partial charge in [0.25, 0.3) is 0 Å². The third kappa shape index (κ3) is 3.09. The molecule has 1 fully saturated rings. The van der Waals surface area contributed by atoms with Crippen LogP contribution in [0.25, 0.3) is 0 Å². The van der Waals surface area contributed by atoms with Crippen LogP contribution in [0.4, 0.5) is 11.4 Å². The normalized spacial score (nSPS) is 18.6. The van der Waals surface area contributed by atoms with Crippen LogP contribution in [-0.4, -0.2) is 18.3 Å². The van der Waals surface area contributed by atoms with Crippen LogP contribution in [0.5, 0.6) is 0 Å². The minimum absolute atomic E-state index is 0.0182. The van der Waals surface area contributed by atoms with Crippen molar-refractivity contribution in [3.63, 3.8) is 0 Å². The lowest BCUT2D eigenvalue weighted by atomic mass is 9.74. The lowest BCUT2D eigenvalue weighted by Crippen LogP contribution is -2.35. The summed E-state index contributed by atoms with van der Waals surface area (Å²) in [5.74, 6) is 0. The number of halogens is 1. The highest BCUT2D eigenvalue weighted by Gasteiger charge is 2.31. The second-order valence-corrected chi connectivity index (χ2v) is 5.74. The molecule has 0 amide bonds. The molecule has 4 heteroatoms. The molecule has 18 heavy (non-hydrogen) atoms. The molecule has 0 saturated heterocycles. The first-order valence-corrected chi connectivity index (χ1v) is 6.93. The highest BCUT2D eigenvalue weighted by Crippen LogP contribution is 2.36. The minimum atomic E-state index is 0.0182. The lowest BCUT2D eigenvalue weighted by Gasteiger charge is -2.36. The predicted molar refractivity (Wildman–Crippen MR) is 77.0 cm³/mol. The van der Waals surface area contributed by atoms with Crippen molar-refractivity contribution in [1.82, 2.24) is 0 Å². The van der Waals surface area contributed by atoms with Crippen LogP contribution < -0.4 is 11.1 Å². The van der Waals surface area contributed by atoms with Gasteiger partial charge in [0.15, 0.2) is 0 Å². The molecule has 1 aromatic carbocycles. The predicted octanol–water partition coefficient (Wildman–Crippen LogP) is 3.28. The number of nitrogens with two attached hydrogens (primary N) is 1. The quantitative estimate of drug-likeness (QED) is 0.735. The number of nitrogen functional groups attached to an aromatic ring is 1.